The molecule has 0 atom stereocenters. The average Bonchev–Trinajstić information content (AvgIpc) is 3.32. The van der Waals surface area contributed by atoms with Crippen molar-refractivity contribution in [3.05, 3.63) is 58.9 Å². The molecule has 1 aromatic carbocycles. The van der Waals surface area contributed by atoms with Crippen molar-refractivity contribution in [3.63, 3.8) is 0 Å². The Morgan fingerprint density at radius 3 is 2.48 bits per heavy atom. The van der Waals surface area contributed by atoms with E-state index in [-0.39, 0.29) is 20.6 Å². The van der Waals surface area contributed by atoms with Gasteiger partial charge < -0.3 is 11.1 Å². The highest BCUT2D eigenvalue weighted by molar-refractivity contribution is 7.93. The van der Waals surface area contributed by atoms with Gasteiger partial charge in [0.2, 0.25) is 5.91 Å². The summed E-state index contributed by atoms with van der Waals surface area (Å²) in [5.41, 5.74) is 5.43. The molecule has 3 aromatic rings. The van der Waals surface area contributed by atoms with E-state index in [2.05, 4.69) is 10.3 Å². The number of hydrogen-bond donors (Lipinski definition) is 2. The Balaban J connectivity index is 1.88. The number of carbonyl (C=O) groups excluding carboxylic acids is 2. The normalized spacial score (nSPS) is 11.1. The summed E-state index contributed by atoms with van der Waals surface area (Å²) in [6.45, 7) is -0.499. The molecule has 8 nitrogen and oxygen atoms in total. The Labute approximate surface area is 163 Å². The fraction of sp³-hybridized carbons (Fsp3) is 0.0625. The fourth-order valence-electron chi connectivity index (χ4n) is 2.21. The summed E-state index contributed by atoms with van der Waals surface area (Å²) in [4.78, 5) is 27.9. The third kappa shape index (κ3) is 4.15. The molecular formula is C16H14N4O4S3. The van der Waals surface area contributed by atoms with Gasteiger partial charge in [-0.2, -0.15) is 0 Å². The number of nitrogens with zero attached hydrogens (tertiary/aromatic N) is 2. The minimum absolute atomic E-state index is 0.0435. The summed E-state index contributed by atoms with van der Waals surface area (Å²) in [6.07, 6.45) is 1.45. The van der Waals surface area contributed by atoms with Crippen LogP contribution in [-0.2, 0) is 14.8 Å². The lowest BCUT2D eigenvalue weighted by atomic mass is 10.3. The van der Waals surface area contributed by atoms with Gasteiger partial charge in [-0.3, -0.25) is 9.59 Å². The number of nitrogens with one attached hydrogen (secondary N) is 1. The van der Waals surface area contributed by atoms with Crippen LogP contribution in [0.2, 0.25) is 0 Å². The maximum Gasteiger partial charge on any atom is 0.266 e. The van der Waals surface area contributed by atoms with E-state index in [0.29, 0.717) is 0 Å². The van der Waals surface area contributed by atoms with Crippen LogP contribution < -0.4 is 15.4 Å². The van der Waals surface area contributed by atoms with Crippen LogP contribution in [0.25, 0.3) is 0 Å². The number of thiophene rings is 1. The first kappa shape index (κ1) is 19.0. The minimum Gasteiger partial charge on any atom is -0.366 e. The number of anilines is 2. The second-order valence-electron chi connectivity index (χ2n) is 5.22. The van der Waals surface area contributed by atoms with Crippen molar-refractivity contribution in [2.24, 2.45) is 5.73 Å². The maximum absolute atomic E-state index is 13.0. The molecule has 11 heteroatoms. The standard InChI is InChI=1S/C16H14N4O4S3/c17-14(22)12-6-8-25-15(12)19-13(21)10-20(16-18-7-9-26-16)27(23,24)11-4-2-1-3-5-11/h1-9H,10H2,(H2,17,22)(H,19,21). The predicted octanol–water partition coefficient (Wildman–Crippen LogP) is 2.14. The largest absolute Gasteiger partial charge is 0.366 e. The maximum atomic E-state index is 13.0. The molecule has 0 unspecified atom stereocenters. The number of nitrogens with two attached hydrogens (primary N) is 1. The van der Waals surface area contributed by atoms with Crippen molar-refractivity contribution in [1.29, 1.82) is 0 Å². The first-order chi connectivity index (χ1) is 12.9. The molecule has 0 fully saturated rings. The van der Waals surface area contributed by atoms with E-state index < -0.39 is 28.4 Å². The van der Waals surface area contributed by atoms with Gasteiger partial charge in [0.25, 0.3) is 15.9 Å². The molecule has 2 heterocycles. The number of sulfonamides is 1. The van der Waals surface area contributed by atoms with Crippen LogP contribution in [0.4, 0.5) is 10.1 Å². The van der Waals surface area contributed by atoms with Crippen molar-refractivity contribution >= 4 is 54.6 Å². The fourth-order valence-corrected chi connectivity index (χ4v) is 5.29. The highest BCUT2D eigenvalue weighted by Gasteiger charge is 2.29. The Morgan fingerprint density at radius 1 is 1.11 bits per heavy atom. The zero-order valence-electron chi connectivity index (χ0n) is 13.7. The molecule has 0 radical (unpaired) electrons. The van der Waals surface area contributed by atoms with Crippen LogP contribution in [0.15, 0.2) is 58.3 Å². The summed E-state index contributed by atoms with van der Waals surface area (Å²) in [6, 6.07) is 9.26. The minimum atomic E-state index is -3.99. The number of primary amides is 1. The molecule has 0 saturated carbocycles. The lowest BCUT2D eigenvalue weighted by Crippen LogP contribution is -2.38. The Morgan fingerprint density at radius 2 is 1.85 bits per heavy atom. The molecule has 0 aliphatic carbocycles. The first-order valence-electron chi connectivity index (χ1n) is 7.54. The van der Waals surface area contributed by atoms with Crippen LogP contribution in [0.5, 0.6) is 0 Å². The van der Waals surface area contributed by atoms with Gasteiger partial charge in [-0.25, -0.2) is 17.7 Å². The summed E-state index contributed by atoms with van der Waals surface area (Å²) in [5, 5.41) is 6.19. The van der Waals surface area contributed by atoms with Gasteiger partial charge in [0.15, 0.2) is 5.13 Å². The van der Waals surface area contributed by atoms with Crippen LogP contribution in [0, 0.1) is 0 Å². The van der Waals surface area contributed by atoms with Gasteiger partial charge in [-0.1, -0.05) is 18.2 Å². The van der Waals surface area contributed by atoms with Gasteiger partial charge in [0, 0.05) is 11.6 Å². The molecule has 0 aliphatic heterocycles. The third-order valence-electron chi connectivity index (χ3n) is 3.43. The van der Waals surface area contributed by atoms with E-state index in [4.69, 9.17) is 5.73 Å². The quantitative estimate of drug-likeness (QED) is 0.604. The Kier molecular flexibility index (Phi) is 5.54. The van der Waals surface area contributed by atoms with Gasteiger partial charge in [0.1, 0.15) is 11.5 Å². The molecule has 27 heavy (non-hydrogen) atoms. The predicted molar refractivity (Wildman–Crippen MR) is 105 cm³/mol. The van der Waals surface area contributed by atoms with Crippen LogP contribution in [0.1, 0.15) is 10.4 Å². The van der Waals surface area contributed by atoms with Crippen LogP contribution >= 0.6 is 22.7 Å². The van der Waals surface area contributed by atoms with Crippen LogP contribution in [-0.4, -0.2) is 31.8 Å². The van der Waals surface area contributed by atoms with Gasteiger partial charge in [-0.05, 0) is 23.6 Å². The third-order valence-corrected chi connectivity index (χ3v) is 6.92. The average molecular weight is 423 g/mol. The Bertz CT molecular complexity index is 1050. The number of carbonyl (C=O) groups is 2. The molecule has 2 aromatic heterocycles. The van der Waals surface area contributed by atoms with Crippen molar-refractivity contribution in [1.82, 2.24) is 4.98 Å². The zero-order chi connectivity index (χ0) is 19.4. The molecule has 140 valence electrons. The van der Waals surface area contributed by atoms with Crippen LogP contribution in [0.3, 0.4) is 0 Å². The van der Waals surface area contributed by atoms with Crippen molar-refractivity contribution in [3.8, 4) is 0 Å². The Hall–Kier alpha value is -2.76. The second-order valence-corrected chi connectivity index (χ2v) is 8.87. The van der Waals surface area contributed by atoms with Crippen molar-refractivity contribution in [2.75, 3.05) is 16.2 Å². The highest BCUT2D eigenvalue weighted by atomic mass is 32.2. The van der Waals surface area contributed by atoms with Gasteiger partial charge in [0.05, 0.1) is 10.5 Å². The van der Waals surface area contributed by atoms with Gasteiger partial charge in [-0.15, -0.1) is 22.7 Å². The molecular weight excluding hydrogens is 408 g/mol. The molecule has 2 amide bonds. The van der Waals surface area contributed by atoms with E-state index in [1.54, 1.807) is 29.0 Å². The second kappa shape index (κ2) is 7.86. The van der Waals surface area contributed by atoms with E-state index in [9.17, 15) is 18.0 Å². The summed E-state index contributed by atoms with van der Waals surface area (Å²) < 4.78 is 26.9. The van der Waals surface area contributed by atoms with E-state index in [1.165, 1.54) is 24.4 Å². The molecule has 0 saturated heterocycles. The smallest absolute Gasteiger partial charge is 0.266 e. The monoisotopic (exact) mass is 422 g/mol. The van der Waals surface area contributed by atoms with E-state index in [0.717, 1.165) is 27.0 Å². The molecule has 3 N–H and O–H groups in total. The number of amides is 2. The summed E-state index contributed by atoms with van der Waals surface area (Å²) in [7, 11) is -3.99. The lowest BCUT2D eigenvalue weighted by molar-refractivity contribution is -0.114. The van der Waals surface area contributed by atoms with E-state index in [1.807, 2.05) is 0 Å². The summed E-state index contributed by atoms with van der Waals surface area (Å²) >= 11 is 2.22. The molecule has 3 rings (SSSR count). The number of thiazole rings is 1. The SMILES string of the molecule is NC(=O)c1ccsc1NC(=O)CN(c1nccs1)S(=O)(=O)c1ccccc1. The van der Waals surface area contributed by atoms with Gasteiger partial charge >= 0.3 is 0 Å². The number of aromatic nitrogens is 1. The zero-order valence-corrected chi connectivity index (χ0v) is 16.2. The van der Waals surface area contributed by atoms with E-state index >= 15 is 0 Å². The first-order valence-corrected chi connectivity index (χ1v) is 10.7. The topological polar surface area (TPSA) is 122 Å². The summed E-state index contributed by atoms with van der Waals surface area (Å²) in [5.74, 6) is -1.30. The van der Waals surface area contributed by atoms with Crippen molar-refractivity contribution in [2.45, 2.75) is 4.90 Å². The number of hydrogen-bond acceptors (Lipinski definition) is 7. The number of benzene rings is 1. The lowest BCUT2D eigenvalue weighted by Gasteiger charge is -2.21. The molecule has 0 spiro atoms. The molecule has 0 bridgehead atoms. The van der Waals surface area contributed by atoms with Crippen molar-refractivity contribution < 1.29 is 18.0 Å². The number of rotatable bonds is 7. The molecule has 0 aliphatic rings. The highest BCUT2D eigenvalue weighted by Crippen LogP contribution is 2.26.